The molecule has 3 N–H and O–H groups in total. The van der Waals surface area contributed by atoms with E-state index in [1.54, 1.807) is 18.7 Å². The highest BCUT2D eigenvalue weighted by Crippen LogP contribution is 2.44. The molecule has 0 aliphatic heterocycles. The molecular weight excluding hydrogens is 440 g/mol. The molecule has 1 aliphatic rings. The Labute approximate surface area is 198 Å². The Morgan fingerprint density at radius 3 is 2.21 bits per heavy atom. The average molecular weight is 471 g/mol. The van der Waals surface area contributed by atoms with Crippen LogP contribution < -0.4 is 10.6 Å². The van der Waals surface area contributed by atoms with Crippen LogP contribution in [-0.2, 0) is 14.3 Å². The summed E-state index contributed by atoms with van der Waals surface area (Å²) in [5, 5.41) is 14.4. The minimum atomic E-state index is -0.903. The Bertz CT molecular complexity index is 951. The van der Waals surface area contributed by atoms with Gasteiger partial charge in [0.2, 0.25) is 5.91 Å². The maximum atomic E-state index is 12.6. The molecule has 0 heterocycles. The third kappa shape index (κ3) is 6.28. The number of hydrogen-bond acceptors (Lipinski definition) is 5. The Balaban J connectivity index is 1.58. The van der Waals surface area contributed by atoms with E-state index in [0.717, 1.165) is 22.3 Å². The Morgan fingerprint density at radius 2 is 1.64 bits per heavy atom. The fourth-order valence-electron chi connectivity index (χ4n) is 3.95. The van der Waals surface area contributed by atoms with Crippen LogP contribution in [0.25, 0.3) is 11.1 Å². The molecule has 0 bridgehead atoms. The van der Waals surface area contributed by atoms with E-state index >= 15 is 0 Å². The van der Waals surface area contributed by atoms with Crippen LogP contribution >= 0.6 is 11.8 Å². The number of carboxylic acid groups (broad SMARTS) is 1. The molecule has 33 heavy (non-hydrogen) atoms. The molecule has 8 heteroatoms. The van der Waals surface area contributed by atoms with E-state index in [2.05, 4.69) is 22.8 Å². The maximum absolute atomic E-state index is 12.6. The summed E-state index contributed by atoms with van der Waals surface area (Å²) in [4.78, 5) is 36.1. The molecule has 3 rings (SSSR count). The van der Waals surface area contributed by atoms with Gasteiger partial charge in [-0.15, -0.1) is 0 Å². The zero-order chi connectivity index (χ0) is 23.8. The Hall–Kier alpha value is -3.00. The number of amides is 2. The van der Waals surface area contributed by atoms with Crippen LogP contribution in [0.4, 0.5) is 4.79 Å². The summed E-state index contributed by atoms with van der Waals surface area (Å²) >= 11 is 1.58. The lowest BCUT2D eigenvalue weighted by molar-refractivity contribution is -0.141. The number of ether oxygens (including phenoxy) is 1. The van der Waals surface area contributed by atoms with Crippen molar-refractivity contribution >= 4 is 29.7 Å². The van der Waals surface area contributed by atoms with E-state index in [0.29, 0.717) is 18.6 Å². The van der Waals surface area contributed by atoms with Crippen molar-refractivity contribution in [2.24, 2.45) is 5.92 Å². The largest absolute Gasteiger partial charge is 0.481 e. The molecule has 0 aromatic heterocycles. The molecule has 0 saturated carbocycles. The van der Waals surface area contributed by atoms with Crippen LogP contribution in [0.2, 0.25) is 0 Å². The zero-order valence-electron chi connectivity index (χ0n) is 18.9. The molecule has 1 aliphatic carbocycles. The first-order valence-electron chi connectivity index (χ1n) is 11.0. The van der Waals surface area contributed by atoms with E-state index in [9.17, 15) is 14.4 Å². The third-order valence-corrected chi connectivity index (χ3v) is 6.51. The second-order valence-electron chi connectivity index (χ2n) is 8.12. The lowest BCUT2D eigenvalue weighted by Gasteiger charge is -2.20. The van der Waals surface area contributed by atoms with Gasteiger partial charge < -0.3 is 20.5 Å². The Morgan fingerprint density at radius 1 is 1.03 bits per heavy atom. The molecule has 2 aromatic carbocycles. The summed E-state index contributed by atoms with van der Waals surface area (Å²) in [6.07, 6.45) is 2.06. The number of benzene rings is 2. The summed E-state index contributed by atoms with van der Waals surface area (Å²) in [7, 11) is 0. The highest BCUT2D eigenvalue weighted by Gasteiger charge is 2.29. The normalized spacial score (nSPS) is 14.0. The highest BCUT2D eigenvalue weighted by atomic mass is 32.2. The van der Waals surface area contributed by atoms with Crippen molar-refractivity contribution < 1.29 is 24.2 Å². The number of carbonyl (C=O) groups is 3. The number of rotatable bonds is 11. The average Bonchev–Trinajstić information content (AvgIpc) is 3.13. The molecule has 2 unspecified atom stereocenters. The number of nitrogens with one attached hydrogen (secondary N) is 2. The fourth-order valence-corrected chi connectivity index (χ4v) is 4.42. The van der Waals surface area contributed by atoms with Gasteiger partial charge in [0.25, 0.3) is 0 Å². The summed E-state index contributed by atoms with van der Waals surface area (Å²) in [5.41, 5.74) is 4.54. The number of aliphatic carboxylic acids is 1. The number of hydrogen-bond donors (Lipinski definition) is 3. The first kappa shape index (κ1) is 24.6. The minimum absolute atomic E-state index is 0.0564. The second kappa shape index (κ2) is 11.7. The second-order valence-corrected chi connectivity index (χ2v) is 9.11. The fraction of sp³-hybridized carbons (Fsp3) is 0.400. The molecule has 2 aromatic rings. The van der Waals surface area contributed by atoms with E-state index in [-0.39, 0.29) is 25.0 Å². The first-order chi connectivity index (χ1) is 15.9. The SMILES string of the molecule is CSCCC(NC(=O)OCC1c2ccccc2-c2ccccc21)C(=O)NCCC(C)C(=O)O. The molecule has 0 radical (unpaired) electrons. The van der Waals surface area contributed by atoms with E-state index < -0.39 is 24.0 Å². The molecule has 2 atom stereocenters. The van der Waals surface area contributed by atoms with Crippen molar-refractivity contribution in [3.05, 3.63) is 59.7 Å². The lowest BCUT2D eigenvalue weighted by atomic mass is 9.98. The van der Waals surface area contributed by atoms with Gasteiger partial charge in [-0.05, 0) is 47.1 Å². The highest BCUT2D eigenvalue weighted by molar-refractivity contribution is 7.98. The number of fused-ring (bicyclic) bond motifs is 3. The van der Waals surface area contributed by atoms with Gasteiger partial charge in [-0.2, -0.15) is 11.8 Å². The monoisotopic (exact) mass is 470 g/mol. The van der Waals surface area contributed by atoms with Crippen molar-refractivity contribution in [3.63, 3.8) is 0 Å². The quantitative estimate of drug-likeness (QED) is 0.460. The van der Waals surface area contributed by atoms with Crippen LogP contribution in [0, 0.1) is 5.92 Å². The van der Waals surface area contributed by atoms with Crippen LogP contribution in [0.1, 0.15) is 36.8 Å². The standard InChI is InChI=1S/C25H30N2O5S/c1-16(24(29)30)11-13-26-23(28)22(12-14-33-2)27-25(31)32-15-21-19-9-5-3-7-17(19)18-8-4-6-10-20(18)21/h3-10,16,21-22H,11-15H2,1-2H3,(H,26,28)(H,27,31)(H,29,30). The summed E-state index contributed by atoms with van der Waals surface area (Å²) < 4.78 is 5.56. The van der Waals surface area contributed by atoms with Gasteiger partial charge in [-0.3, -0.25) is 9.59 Å². The van der Waals surface area contributed by atoms with Gasteiger partial charge in [-0.25, -0.2) is 4.79 Å². The van der Waals surface area contributed by atoms with Crippen molar-refractivity contribution in [2.45, 2.75) is 31.7 Å². The van der Waals surface area contributed by atoms with Gasteiger partial charge in [-0.1, -0.05) is 55.5 Å². The van der Waals surface area contributed by atoms with E-state index in [1.165, 1.54) is 0 Å². The minimum Gasteiger partial charge on any atom is -0.481 e. The molecule has 0 spiro atoms. The van der Waals surface area contributed by atoms with E-state index in [1.807, 2.05) is 42.7 Å². The van der Waals surface area contributed by atoms with Gasteiger partial charge in [0.15, 0.2) is 0 Å². The van der Waals surface area contributed by atoms with Gasteiger partial charge in [0.05, 0.1) is 5.92 Å². The maximum Gasteiger partial charge on any atom is 0.407 e. The molecule has 0 saturated heterocycles. The van der Waals surface area contributed by atoms with Crippen LogP contribution in [0.5, 0.6) is 0 Å². The predicted molar refractivity (Wildman–Crippen MR) is 129 cm³/mol. The Kier molecular flexibility index (Phi) is 8.77. The third-order valence-electron chi connectivity index (χ3n) is 5.86. The number of carboxylic acids is 1. The van der Waals surface area contributed by atoms with Crippen molar-refractivity contribution in [1.82, 2.24) is 10.6 Å². The van der Waals surface area contributed by atoms with Crippen molar-refractivity contribution in [1.29, 1.82) is 0 Å². The molecule has 0 fully saturated rings. The van der Waals surface area contributed by atoms with E-state index in [4.69, 9.17) is 9.84 Å². The predicted octanol–water partition coefficient (Wildman–Crippen LogP) is 3.87. The number of carbonyl (C=O) groups excluding carboxylic acids is 2. The van der Waals surface area contributed by atoms with Gasteiger partial charge >= 0.3 is 12.1 Å². The van der Waals surface area contributed by atoms with Crippen molar-refractivity contribution in [2.75, 3.05) is 25.2 Å². The summed E-state index contributed by atoms with van der Waals surface area (Å²) in [6, 6.07) is 15.5. The smallest absolute Gasteiger partial charge is 0.407 e. The van der Waals surface area contributed by atoms with Gasteiger partial charge in [0, 0.05) is 12.5 Å². The van der Waals surface area contributed by atoms with Crippen LogP contribution in [0.3, 0.4) is 0 Å². The summed E-state index contributed by atoms with van der Waals surface area (Å²) in [5.74, 6) is -1.16. The van der Waals surface area contributed by atoms with Gasteiger partial charge in [0.1, 0.15) is 12.6 Å². The molecular formula is C25H30N2O5S. The molecule has 7 nitrogen and oxygen atoms in total. The zero-order valence-corrected chi connectivity index (χ0v) is 19.7. The van der Waals surface area contributed by atoms with Crippen LogP contribution in [0.15, 0.2) is 48.5 Å². The molecule has 176 valence electrons. The lowest BCUT2D eigenvalue weighted by Crippen LogP contribution is -2.47. The first-order valence-corrected chi connectivity index (χ1v) is 12.4. The number of thioether (sulfide) groups is 1. The topological polar surface area (TPSA) is 105 Å². The number of alkyl carbamates (subject to hydrolysis) is 1. The van der Waals surface area contributed by atoms with Crippen LogP contribution in [-0.4, -0.2) is 54.3 Å². The molecule has 2 amide bonds. The van der Waals surface area contributed by atoms with Crippen molar-refractivity contribution in [3.8, 4) is 11.1 Å². The summed E-state index contributed by atoms with van der Waals surface area (Å²) in [6.45, 7) is 2.00.